The lowest BCUT2D eigenvalue weighted by molar-refractivity contribution is -0.129. The van der Waals surface area contributed by atoms with Crippen molar-refractivity contribution < 1.29 is 14.3 Å². The van der Waals surface area contributed by atoms with Gasteiger partial charge in [0.1, 0.15) is 11.6 Å². The molecular weight excluding hydrogens is 168 g/mol. The molecule has 3 nitrogen and oxygen atoms in total. The van der Waals surface area contributed by atoms with Crippen LogP contribution in [0, 0.1) is 11.8 Å². The number of carbonyl (C=O) groups is 2. The fraction of sp³-hybridized carbons (Fsp3) is 0.800. The van der Waals surface area contributed by atoms with E-state index in [4.69, 9.17) is 4.74 Å². The molecule has 2 atom stereocenters. The molecule has 1 fully saturated rings. The largest absolute Gasteiger partial charge is 0.384 e. The summed E-state index contributed by atoms with van der Waals surface area (Å²) in [6.07, 6.45) is 1.77. The maximum atomic E-state index is 11.6. The van der Waals surface area contributed by atoms with Gasteiger partial charge in [0.15, 0.2) is 0 Å². The van der Waals surface area contributed by atoms with E-state index in [1.54, 1.807) is 7.11 Å². The molecule has 0 aromatic rings. The molecule has 0 aliphatic heterocycles. The van der Waals surface area contributed by atoms with Gasteiger partial charge >= 0.3 is 0 Å². The van der Waals surface area contributed by atoms with E-state index in [0.717, 1.165) is 6.42 Å². The minimum absolute atomic E-state index is 0.0300. The van der Waals surface area contributed by atoms with Crippen LogP contribution in [0.3, 0.4) is 0 Å². The lowest BCUT2D eigenvalue weighted by Crippen LogP contribution is -2.23. The fourth-order valence-electron chi connectivity index (χ4n) is 1.79. The number of hydrogen-bond donors (Lipinski definition) is 0. The van der Waals surface area contributed by atoms with E-state index in [9.17, 15) is 9.59 Å². The van der Waals surface area contributed by atoms with E-state index in [2.05, 4.69) is 0 Å². The van der Waals surface area contributed by atoms with Gasteiger partial charge in [0, 0.05) is 31.8 Å². The smallest absolute Gasteiger partial charge is 0.141 e. The normalized spacial score (nSPS) is 24.8. The average Bonchev–Trinajstić information content (AvgIpc) is 2.51. The van der Waals surface area contributed by atoms with Crippen molar-refractivity contribution in [2.24, 2.45) is 11.8 Å². The number of Topliss-reactive ketones (excluding diaryl/α,β-unsaturated/α-hetero) is 2. The molecule has 0 bridgehead atoms. The summed E-state index contributed by atoms with van der Waals surface area (Å²) < 4.78 is 4.91. The first kappa shape index (κ1) is 10.4. The first-order valence-corrected chi connectivity index (χ1v) is 4.69. The highest BCUT2D eigenvalue weighted by molar-refractivity contribution is 5.92. The van der Waals surface area contributed by atoms with Crippen LogP contribution in [0.5, 0.6) is 0 Å². The lowest BCUT2D eigenvalue weighted by atomic mass is 9.93. The van der Waals surface area contributed by atoms with Gasteiger partial charge in [-0.15, -0.1) is 0 Å². The maximum absolute atomic E-state index is 11.6. The van der Waals surface area contributed by atoms with E-state index in [1.807, 2.05) is 6.92 Å². The second-order valence-electron chi connectivity index (χ2n) is 3.74. The highest BCUT2D eigenvalue weighted by Crippen LogP contribution is 2.25. The number of ether oxygens (including phenoxy) is 1. The van der Waals surface area contributed by atoms with Crippen molar-refractivity contribution >= 4 is 11.6 Å². The Morgan fingerprint density at radius 1 is 1.69 bits per heavy atom. The monoisotopic (exact) mass is 184 g/mol. The molecule has 0 heterocycles. The van der Waals surface area contributed by atoms with E-state index in [-0.39, 0.29) is 23.4 Å². The first-order valence-electron chi connectivity index (χ1n) is 4.69. The summed E-state index contributed by atoms with van der Waals surface area (Å²) in [4.78, 5) is 22.6. The van der Waals surface area contributed by atoms with Gasteiger partial charge in [-0.05, 0) is 6.42 Å². The van der Waals surface area contributed by atoms with Gasteiger partial charge in [0.05, 0.1) is 6.61 Å². The summed E-state index contributed by atoms with van der Waals surface area (Å²) in [5.41, 5.74) is 0. The topological polar surface area (TPSA) is 43.4 Å². The fourth-order valence-corrected chi connectivity index (χ4v) is 1.79. The summed E-state index contributed by atoms with van der Waals surface area (Å²) in [7, 11) is 1.59. The highest BCUT2D eigenvalue weighted by atomic mass is 16.5. The van der Waals surface area contributed by atoms with Crippen molar-refractivity contribution in [3.63, 3.8) is 0 Å². The van der Waals surface area contributed by atoms with Crippen molar-refractivity contribution in [1.29, 1.82) is 0 Å². The third-order valence-corrected chi connectivity index (χ3v) is 2.55. The first-order chi connectivity index (χ1) is 6.15. The number of ketones is 2. The predicted octanol–water partition coefficient (Wildman–Crippen LogP) is 1.21. The number of methoxy groups -OCH3 is 1. The molecule has 2 unspecified atom stereocenters. The van der Waals surface area contributed by atoms with Crippen LogP contribution < -0.4 is 0 Å². The van der Waals surface area contributed by atoms with Crippen LogP contribution in [0.2, 0.25) is 0 Å². The molecule has 0 spiro atoms. The van der Waals surface area contributed by atoms with Gasteiger partial charge in [-0.25, -0.2) is 0 Å². The van der Waals surface area contributed by atoms with Gasteiger partial charge < -0.3 is 4.74 Å². The van der Waals surface area contributed by atoms with Gasteiger partial charge in [0.2, 0.25) is 0 Å². The summed E-state index contributed by atoms with van der Waals surface area (Å²) in [6, 6.07) is 0. The van der Waals surface area contributed by atoms with E-state index in [0.29, 0.717) is 19.4 Å². The average molecular weight is 184 g/mol. The zero-order valence-electron chi connectivity index (χ0n) is 8.21. The molecule has 1 rings (SSSR count). The van der Waals surface area contributed by atoms with Crippen molar-refractivity contribution in [3.8, 4) is 0 Å². The van der Waals surface area contributed by atoms with Crippen LogP contribution in [0.15, 0.2) is 0 Å². The minimum atomic E-state index is -0.0686. The van der Waals surface area contributed by atoms with E-state index < -0.39 is 0 Å². The molecule has 0 N–H and O–H groups in total. The Morgan fingerprint density at radius 2 is 2.38 bits per heavy atom. The molecular formula is C10H16O3. The molecule has 3 heteroatoms. The van der Waals surface area contributed by atoms with Crippen LogP contribution in [-0.2, 0) is 14.3 Å². The molecule has 13 heavy (non-hydrogen) atoms. The SMILES string of the molecule is COCC(C)C(=O)C1CCC(=O)C1. The Hall–Kier alpha value is -0.700. The lowest BCUT2D eigenvalue weighted by Gasteiger charge is -2.13. The highest BCUT2D eigenvalue weighted by Gasteiger charge is 2.30. The molecule has 0 saturated heterocycles. The van der Waals surface area contributed by atoms with Crippen LogP contribution in [0.4, 0.5) is 0 Å². The number of rotatable bonds is 4. The summed E-state index contributed by atoms with van der Waals surface area (Å²) in [5.74, 6) is 0.314. The van der Waals surface area contributed by atoms with E-state index >= 15 is 0 Å². The number of carbonyl (C=O) groups excluding carboxylic acids is 2. The number of hydrogen-bond acceptors (Lipinski definition) is 3. The summed E-state index contributed by atoms with van der Waals surface area (Å²) >= 11 is 0. The Kier molecular flexibility index (Phi) is 3.60. The Bertz CT molecular complexity index is 210. The zero-order chi connectivity index (χ0) is 9.84. The zero-order valence-corrected chi connectivity index (χ0v) is 8.21. The molecule has 74 valence electrons. The van der Waals surface area contributed by atoms with Crippen LogP contribution >= 0.6 is 0 Å². The summed E-state index contributed by atoms with van der Waals surface area (Å²) in [5, 5.41) is 0. The Balaban J connectivity index is 2.43. The molecule has 1 aliphatic rings. The van der Waals surface area contributed by atoms with E-state index in [1.165, 1.54) is 0 Å². The van der Waals surface area contributed by atoms with Crippen molar-refractivity contribution in [2.75, 3.05) is 13.7 Å². The van der Waals surface area contributed by atoms with Crippen molar-refractivity contribution in [1.82, 2.24) is 0 Å². The van der Waals surface area contributed by atoms with Gasteiger partial charge in [-0.1, -0.05) is 6.92 Å². The quantitative estimate of drug-likeness (QED) is 0.659. The molecule has 0 aromatic heterocycles. The molecule has 0 amide bonds. The van der Waals surface area contributed by atoms with Crippen LogP contribution in [0.25, 0.3) is 0 Å². The second-order valence-corrected chi connectivity index (χ2v) is 3.74. The van der Waals surface area contributed by atoms with Crippen molar-refractivity contribution in [3.05, 3.63) is 0 Å². The molecule has 0 radical (unpaired) electrons. The third-order valence-electron chi connectivity index (χ3n) is 2.55. The van der Waals surface area contributed by atoms with Gasteiger partial charge in [-0.2, -0.15) is 0 Å². The van der Waals surface area contributed by atoms with Gasteiger partial charge in [0.25, 0.3) is 0 Å². The van der Waals surface area contributed by atoms with Crippen LogP contribution in [-0.4, -0.2) is 25.3 Å². The predicted molar refractivity (Wildman–Crippen MR) is 48.4 cm³/mol. The summed E-state index contributed by atoms with van der Waals surface area (Å²) in [6.45, 7) is 2.32. The van der Waals surface area contributed by atoms with Gasteiger partial charge in [-0.3, -0.25) is 9.59 Å². The maximum Gasteiger partial charge on any atom is 0.141 e. The molecule has 1 aliphatic carbocycles. The van der Waals surface area contributed by atoms with Crippen LogP contribution in [0.1, 0.15) is 26.2 Å². The minimum Gasteiger partial charge on any atom is -0.384 e. The molecule has 0 aromatic carbocycles. The second kappa shape index (κ2) is 4.51. The van der Waals surface area contributed by atoms with Crippen molar-refractivity contribution in [2.45, 2.75) is 26.2 Å². The third kappa shape index (κ3) is 2.62. The standard InChI is InChI=1S/C10H16O3/c1-7(6-13-2)10(12)8-3-4-9(11)5-8/h7-8H,3-6H2,1-2H3. The Labute approximate surface area is 78.5 Å². The molecule has 1 saturated carbocycles. The Morgan fingerprint density at radius 3 is 2.85 bits per heavy atom.